The van der Waals surface area contributed by atoms with Gasteiger partial charge < -0.3 is 9.47 Å². The number of carbonyl (C=O) groups is 1. The lowest BCUT2D eigenvalue weighted by molar-refractivity contribution is 0.0727. The third-order valence-corrected chi connectivity index (χ3v) is 7.18. The highest BCUT2D eigenvalue weighted by molar-refractivity contribution is 7.89. The Kier molecular flexibility index (Phi) is 5.85. The van der Waals surface area contributed by atoms with Gasteiger partial charge in [0.2, 0.25) is 10.0 Å². The van der Waals surface area contributed by atoms with Gasteiger partial charge >= 0.3 is 5.97 Å². The van der Waals surface area contributed by atoms with E-state index in [9.17, 15) is 13.2 Å². The van der Waals surface area contributed by atoms with E-state index >= 15 is 0 Å². The Hall–Kier alpha value is -2.74. The topological polar surface area (TPSA) is 72.9 Å². The summed E-state index contributed by atoms with van der Waals surface area (Å²) in [5.41, 5.74) is 0.871. The minimum absolute atomic E-state index is 0.153. The molecule has 1 saturated heterocycles. The molecule has 0 spiro atoms. The van der Waals surface area contributed by atoms with Crippen LogP contribution in [0.4, 0.5) is 0 Å². The summed E-state index contributed by atoms with van der Waals surface area (Å²) in [5, 5.41) is 2.00. The summed E-state index contributed by atoms with van der Waals surface area (Å²) in [6, 6.07) is 17.9. The Balaban J connectivity index is 1.63. The Morgan fingerprint density at radius 1 is 1.00 bits per heavy atom. The number of carbonyl (C=O) groups excluding carboxylic acids is 1. The number of benzene rings is 3. The van der Waals surface area contributed by atoms with Crippen LogP contribution < -0.4 is 4.74 Å². The molecule has 7 heteroatoms. The van der Waals surface area contributed by atoms with Crippen molar-refractivity contribution in [2.75, 3.05) is 26.3 Å². The van der Waals surface area contributed by atoms with Crippen molar-refractivity contribution in [1.82, 2.24) is 4.31 Å². The molecule has 0 aromatic heterocycles. The van der Waals surface area contributed by atoms with Gasteiger partial charge in [-0.1, -0.05) is 43.3 Å². The standard InChI is InChI=1S/C23H23NO5S/c1-2-17-7-8-20(16-22(17)30(26,27)24-11-13-28-14-12-24)23(25)29-21-10-9-18-5-3-4-6-19(18)15-21/h3-10,15-16H,2,11-14H2,1H3. The summed E-state index contributed by atoms with van der Waals surface area (Å²) in [7, 11) is -3.72. The van der Waals surface area contributed by atoms with Crippen LogP contribution in [-0.4, -0.2) is 45.0 Å². The van der Waals surface area contributed by atoms with Crippen molar-refractivity contribution in [2.45, 2.75) is 18.2 Å². The molecular weight excluding hydrogens is 402 g/mol. The van der Waals surface area contributed by atoms with Gasteiger partial charge in [0, 0.05) is 13.1 Å². The van der Waals surface area contributed by atoms with Crippen molar-refractivity contribution >= 4 is 26.8 Å². The molecule has 1 fully saturated rings. The Morgan fingerprint density at radius 2 is 1.73 bits per heavy atom. The molecule has 0 bridgehead atoms. The molecule has 4 rings (SSSR count). The highest BCUT2D eigenvalue weighted by atomic mass is 32.2. The first-order valence-corrected chi connectivity index (χ1v) is 11.3. The van der Waals surface area contributed by atoms with Crippen molar-refractivity contribution < 1.29 is 22.7 Å². The van der Waals surface area contributed by atoms with Crippen LogP contribution in [0.25, 0.3) is 10.8 Å². The molecule has 0 amide bonds. The second-order valence-electron chi connectivity index (χ2n) is 7.09. The van der Waals surface area contributed by atoms with Crippen molar-refractivity contribution in [3.63, 3.8) is 0 Å². The molecular formula is C23H23NO5S. The van der Waals surface area contributed by atoms with Crippen molar-refractivity contribution in [3.8, 4) is 5.75 Å². The number of sulfonamides is 1. The zero-order chi connectivity index (χ0) is 21.1. The number of hydrogen-bond donors (Lipinski definition) is 0. The lowest BCUT2D eigenvalue weighted by Crippen LogP contribution is -2.41. The summed E-state index contributed by atoms with van der Waals surface area (Å²) in [6.07, 6.45) is 0.541. The van der Waals surface area contributed by atoms with Crippen LogP contribution in [0.2, 0.25) is 0 Å². The van der Waals surface area contributed by atoms with Crippen LogP contribution >= 0.6 is 0 Å². The molecule has 0 N–H and O–H groups in total. The largest absolute Gasteiger partial charge is 0.423 e. The molecule has 0 unspecified atom stereocenters. The van der Waals surface area contributed by atoms with Gasteiger partial charge in [-0.25, -0.2) is 13.2 Å². The molecule has 156 valence electrons. The van der Waals surface area contributed by atoms with E-state index in [1.165, 1.54) is 10.4 Å². The smallest absolute Gasteiger partial charge is 0.343 e. The molecule has 1 aliphatic rings. The van der Waals surface area contributed by atoms with E-state index in [1.54, 1.807) is 24.3 Å². The molecule has 0 saturated carbocycles. The average Bonchev–Trinajstić information content (AvgIpc) is 2.79. The van der Waals surface area contributed by atoms with Crippen molar-refractivity contribution in [3.05, 3.63) is 71.8 Å². The lowest BCUT2D eigenvalue weighted by atomic mass is 10.1. The molecule has 0 atom stereocenters. The average molecular weight is 426 g/mol. The van der Waals surface area contributed by atoms with E-state index in [0.29, 0.717) is 44.0 Å². The summed E-state index contributed by atoms with van der Waals surface area (Å²) < 4.78 is 38.5. The van der Waals surface area contributed by atoms with Gasteiger partial charge in [-0.2, -0.15) is 4.31 Å². The van der Waals surface area contributed by atoms with Gasteiger partial charge in [-0.15, -0.1) is 0 Å². The zero-order valence-electron chi connectivity index (χ0n) is 16.7. The van der Waals surface area contributed by atoms with E-state index < -0.39 is 16.0 Å². The van der Waals surface area contributed by atoms with E-state index in [2.05, 4.69) is 0 Å². The number of rotatable bonds is 5. The molecule has 6 nitrogen and oxygen atoms in total. The van der Waals surface area contributed by atoms with Gasteiger partial charge in [-0.05, 0) is 47.0 Å². The first-order valence-electron chi connectivity index (χ1n) is 9.91. The molecule has 1 aliphatic heterocycles. The Morgan fingerprint density at radius 3 is 2.47 bits per heavy atom. The van der Waals surface area contributed by atoms with Crippen LogP contribution in [0, 0.1) is 0 Å². The second kappa shape index (κ2) is 8.55. The molecule has 1 heterocycles. The Bertz CT molecular complexity index is 1180. The van der Waals surface area contributed by atoms with E-state index in [4.69, 9.17) is 9.47 Å². The van der Waals surface area contributed by atoms with E-state index in [0.717, 1.165) is 10.8 Å². The summed E-state index contributed by atoms with van der Waals surface area (Å²) in [5.74, 6) is -0.179. The Labute approximate surface area is 176 Å². The third kappa shape index (κ3) is 4.09. The minimum atomic E-state index is -3.72. The van der Waals surface area contributed by atoms with Gasteiger partial charge in [0.25, 0.3) is 0 Å². The normalized spacial score (nSPS) is 15.2. The predicted octanol–water partition coefficient (Wildman–Crippen LogP) is 3.64. The van der Waals surface area contributed by atoms with Gasteiger partial charge in [-0.3, -0.25) is 0 Å². The fourth-order valence-electron chi connectivity index (χ4n) is 3.54. The van der Waals surface area contributed by atoms with Gasteiger partial charge in [0.15, 0.2) is 0 Å². The minimum Gasteiger partial charge on any atom is -0.423 e. The number of nitrogens with zero attached hydrogens (tertiary/aromatic N) is 1. The summed E-state index contributed by atoms with van der Waals surface area (Å²) in [6.45, 7) is 3.23. The first kappa shape index (κ1) is 20.5. The quantitative estimate of drug-likeness (QED) is 0.461. The number of ether oxygens (including phenoxy) is 2. The second-order valence-corrected chi connectivity index (χ2v) is 9.00. The summed E-state index contributed by atoms with van der Waals surface area (Å²) in [4.78, 5) is 12.9. The number of esters is 1. The van der Waals surface area contributed by atoms with Crippen molar-refractivity contribution in [2.24, 2.45) is 0 Å². The molecule has 0 aliphatic carbocycles. The maximum Gasteiger partial charge on any atom is 0.343 e. The van der Waals surface area contributed by atoms with Gasteiger partial charge in [0.05, 0.1) is 23.7 Å². The molecule has 3 aromatic carbocycles. The number of hydrogen-bond acceptors (Lipinski definition) is 5. The van der Waals surface area contributed by atoms with Crippen LogP contribution in [0.1, 0.15) is 22.8 Å². The third-order valence-electron chi connectivity index (χ3n) is 5.20. The molecule has 30 heavy (non-hydrogen) atoms. The van der Waals surface area contributed by atoms with E-state index in [1.807, 2.05) is 37.3 Å². The predicted molar refractivity (Wildman–Crippen MR) is 114 cm³/mol. The number of morpholine rings is 1. The molecule has 0 radical (unpaired) electrons. The van der Waals surface area contributed by atoms with Crippen LogP contribution in [0.3, 0.4) is 0 Å². The maximum atomic E-state index is 13.2. The monoisotopic (exact) mass is 425 g/mol. The number of aryl methyl sites for hydroxylation is 1. The fraction of sp³-hybridized carbons (Fsp3) is 0.261. The fourth-order valence-corrected chi connectivity index (χ4v) is 5.26. The van der Waals surface area contributed by atoms with Crippen LogP contribution in [0.5, 0.6) is 5.75 Å². The SMILES string of the molecule is CCc1ccc(C(=O)Oc2ccc3ccccc3c2)cc1S(=O)(=O)N1CCOCC1. The number of fused-ring (bicyclic) bond motifs is 1. The van der Waals surface area contributed by atoms with Crippen LogP contribution in [0.15, 0.2) is 65.6 Å². The summed E-state index contributed by atoms with van der Waals surface area (Å²) >= 11 is 0. The lowest BCUT2D eigenvalue weighted by Gasteiger charge is -2.27. The van der Waals surface area contributed by atoms with Crippen molar-refractivity contribution in [1.29, 1.82) is 0 Å². The molecule has 3 aromatic rings. The highest BCUT2D eigenvalue weighted by Gasteiger charge is 2.29. The first-order chi connectivity index (χ1) is 14.5. The maximum absolute atomic E-state index is 13.2. The highest BCUT2D eigenvalue weighted by Crippen LogP contribution is 2.25. The zero-order valence-corrected chi connectivity index (χ0v) is 17.5. The van der Waals surface area contributed by atoms with Crippen LogP contribution in [-0.2, 0) is 21.2 Å². The van der Waals surface area contributed by atoms with Gasteiger partial charge in [0.1, 0.15) is 5.75 Å². The van der Waals surface area contributed by atoms with E-state index in [-0.39, 0.29) is 10.5 Å².